The molecule has 1 aromatic rings. The molecule has 1 aromatic heterocycles. The zero-order valence-corrected chi connectivity index (χ0v) is 8.83. The Morgan fingerprint density at radius 3 is 2.69 bits per heavy atom. The lowest BCUT2D eigenvalue weighted by atomic mass is 10.4. The van der Waals surface area contributed by atoms with Gasteiger partial charge in [0.05, 0.1) is 13.2 Å². The summed E-state index contributed by atoms with van der Waals surface area (Å²) in [6.07, 6.45) is 1.82. The molecule has 0 unspecified atom stereocenters. The van der Waals surface area contributed by atoms with E-state index in [4.69, 9.17) is 4.74 Å². The average Bonchev–Trinajstić information content (AvgIpc) is 2.20. The van der Waals surface area contributed by atoms with Crippen LogP contribution >= 0.6 is 15.9 Å². The van der Waals surface area contributed by atoms with Crippen molar-refractivity contribution < 1.29 is 4.74 Å². The minimum Gasteiger partial charge on any atom is -0.378 e. The van der Waals surface area contributed by atoms with Crippen molar-refractivity contribution in [2.24, 2.45) is 0 Å². The van der Waals surface area contributed by atoms with Gasteiger partial charge in [0.15, 0.2) is 0 Å². The van der Waals surface area contributed by atoms with Gasteiger partial charge in [0, 0.05) is 23.8 Å². The molecule has 4 heteroatoms. The van der Waals surface area contributed by atoms with E-state index in [1.807, 2.05) is 18.3 Å². The fraction of sp³-hybridized carbons (Fsp3) is 0.444. The second-order valence-corrected chi connectivity index (χ2v) is 3.85. The molecule has 0 atom stereocenters. The van der Waals surface area contributed by atoms with Crippen LogP contribution in [0.1, 0.15) is 0 Å². The van der Waals surface area contributed by atoms with E-state index in [0.29, 0.717) is 0 Å². The minimum atomic E-state index is 0.803. The molecule has 1 saturated heterocycles. The highest BCUT2D eigenvalue weighted by atomic mass is 79.9. The van der Waals surface area contributed by atoms with Gasteiger partial charge in [-0.15, -0.1) is 0 Å². The zero-order valence-electron chi connectivity index (χ0n) is 7.24. The summed E-state index contributed by atoms with van der Waals surface area (Å²) in [5.41, 5.74) is 0. The molecule has 0 amide bonds. The molecule has 0 radical (unpaired) electrons. The van der Waals surface area contributed by atoms with Crippen molar-refractivity contribution in [3.05, 3.63) is 22.8 Å². The van der Waals surface area contributed by atoms with Crippen LogP contribution in [0.4, 0.5) is 5.82 Å². The van der Waals surface area contributed by atoms with Gasteiger partial charge >= 0.3 is 0 Å². The molecule has 2 rings (SSSR count). The molecule has 0 bridgehead atoms. The van der Waals surface area contributed by atoms with Crippen molar-refractivity contribution >= 4 is 21.7 Å². The zero-order chi connectivity index (χ0) is 9.10. The number of nitrogens with zero attached hydrogens (tertiary/aromatic N) is 2. The summed E-state index contributed by atoms with van der Waals surface area (Å²) in [6.45, 7) is 3.48. The Hall–Kier alpha value is -0.610. The summed E-state index contributed by atoms with van der Waals surface area (Å²) in [7, 11) is 0. The molecule has 1 fully saturated rings. The lowest BCUT2D eigenvalue weighted by molar-refractivity contribution is 0.122. The molecule has 1 aliphatic rings. The van der Waals surface area contributed by atoms with Gasteiger partial charge in [0.25, 0.3) is 0 Å². The molecule has 70 valence electrons. The largest absolute Gasteiger partial charge is 0.378 e. The highest BCUT2D eigenvalue weighted by Crippen LogP contribution is 2.15. The lowest BCUT2D eigenvalue weighted by Crippen LogP contribution is -2.36. The van der Waals surface area contributed by atoms with Crippen molar-refractivity contribution in [1.29, 1.82) is 0 Å². The van der Waals surface area contributed by atoms with Crippen molar-refractivity contribution in [2.45, 2.75) is 0 Å². The smallest absolute Gasteiger partial charge is 0.128 e. The van der Waals surface area contributed by atoms with Gasteiger partial charge in [0.2, 0.25) is 0 Å². The molecule has 0 saturated carbocycles. The first-order chi connectivity index (χ1) is 6.36. The van der Waals surface area contributed by atoms with Crippen LogP contribution < -0.4 is 4.90 Å². The van der Waals surface area contributed by atoms with E-state index >= 15 is 0 Å². The maximum absolute atomic E-state index is 5.27. The van der Waals surface area contributed by atoms with E-state index < -0.39 is 0 Å². The topological polar surface area (TPSA) is 25.4 Å². The van der Waals surface area contributed by atoms with Crippen LogP contribution in [0.5, 0.6) is 0 Å². The number of halogens is 1. The summed E-state index contributed by atoms with van der Waals surface area (Å²) < 4.78 is 6.28. The predicted molar refractivity (Wildman–Crippen MR) is 55.0 cm³/mol. The quantitative estimate of drug-likeness (QED) is 0.750. The predicted octanol–water partition coefficient (Wildman–Crippen LogP) is 1.68. The third-order valence-electron chi connectivity index (χ3n) is 2.05. The Morgan fingerprint density at radius 2 is 2.08 bits per heavy atom. The summed E-state index contributed by atoms with van der Waals surface area (Å²) in [4.78, 5) is 6.56. The lowest BCUT2D eigenvalue weighted by Gasteiger charge is -2.27. The van der Waals surface area contributed by atoms with Gasteiger partial charge in [0.1, 0.15) is 5.82 Å². The normalized spacial score (nSPS) is 17.5. The van der Waals surface area contributed by atoms with E-state index in [-0.39, 0.29) is 0 Å². The third-order valence-corrected chi connectivity index (χ3v) is 2.52. The van der Waals surface area contributed by atoms with Gasteiger partial charge in [-0.25, -0.2) is 4.98 Å². The second kappa shape index (κ2) is 4.07. The molecule has 3 nitrogen and oxygen atoms in total. The Balaban J connectivity index is 2.10. The number of pyridine rings is 1. The Kier molecular flexibility index (Phi) is 2.80. The van der Waals surface area contributed by atoms with Crippen LogP contribution in [0.25, 0.3) is 0 Å². The second-order valence-electron chi connectivity index (χ2n) is 2.93. The van der Waals surface area contributed by atoms with E-state index in [0.717, 1.165) is 36.6 Å². The molecule has 2 heterocycles. The molecule has 13 heavy (non-hydrogen) atoms. The van der Waals surface area contributed by atoms with E-state index in [9.17, 15) is 0 Å². The molecular weight excluding hydrogens is 232 g/mol. The Morgan fingerprint density at radius 1 is 1.31 bits per heavy atom. The standard InChI is InChI=1S/C9H11BrN2O/c10-8-1-2-9(11-7-8)12-3-5-13-6-4-12/h1-2,7H,3-6H2. The maximum atomic E-state index is 5.27. The van der Waals surface area contributed by atoms with Gasteiger partial charge < -0.3 is 9.64 Å². The van der Waals surface area contributed by atoms with Gasteiger partial charge in [-0.05, 0) is 28.1 Å². The van der Waals surface area contributed by atoms with Crippen LogP contribution in [-0.2, 0) is 4.74 Å². The number of hydrogen-bond acceptors (Lipinski definition) is 3. The maximum Gasteiger partial charge on any atom is 0.128 e. The first kappa shape index (κ1) is 8.97. The minimum absolute atomic E-state index is 0.803. The molecule has 0 aromatic carbocycles. The molecule has 1 aliphatic heterocycles. The number of aromatic nitrogens is 1. The Bertz CT molecular complexity index is 269. The number of anilines is 1. The number of hydrogen-bond donors (Lipinski definition) is 0. The molecule has 0 N–H and O–H groups in total. The highest BCUT2D eigenvalue weighted by molar-refractivity contribution is 9.10. The van der Waals surface area contributed by atoms with Crippen molar-refractivity contribution in [3.8, 4) is 0 Å². The first-order valence-corrected chi connectivity index (χ1v) is 5.10. The van der Waals surface area contributed by atoms with E-state index in [1.165, 1.54) is 0 Å². The molecule has 0 aliphatic carbocycles. The van der Waals surface area contributed by atoms with Crippen LogP contribution in [0.2, 0.25) is 0 Å². The van der Waals surface area contributed by atoms with E-state index in [2.05, 4.69) is 25.8 Å². The van der Waals surface area contributed by atoms with Crippen LogP contribution in [0, 0.1) is 0 Å². The average molecular weight is 243 g/mol. The molecule has 0 spiro atoms. The van der Waals surface area contributed by atoms with E-state index in [1.54, 1.807) is 0 Å². The monoisotopic (exact) mass is 242 g/mol. The van der Waals surface area contributed by atoms with Crippen molar-refractivity contribution in [2.75, 3.05) is 31.2 Å². The Labute approximate surface area is 85.8 Å². The van der Waals surface area contributed by atoms with Gasteiger partial charge in [-0.3, -0.25) is 0 Å². The summed E-state index contributed by atoms with van der Waals surface area (Å²) in [6, 6.07) is 4.03. The summed E-state index contributed by atoms with van der Waals surface area (Å²) in [5, 5.41) is 0. The highest BCUT2D eigenvalue weighted by Gasteiger charge is 2.11. The van der Waals surface area contributed by atoms with Gasteiger partial charge in [-0.2, -0.15) is 0 Å². The number of rotatable bonds is 1. The summed E-state index contributed by atoms with van der Waals surface area (Å²) >= 11 is 3.36. The number of ether oxygens (including phenoxy) is 1. The number of morpholine rings is 1. The van der Waals surface area contributed by atoms with Crippen LogP contribution in [0.15, 0.2) is 22.8 Å². The van der Waals surface area contributed by atoms with Crippen molar-refractivity contribution in [3.63, 3.8) is 0 Å². The van der Waals surface area contributed by atoms with Crippen LogP contribution in [-0.4, -0.2) is 31.3 Å². The van der Waals surface area contributed by atoms with Gasteiger partial charge in [-0.1, -0.05) is 0 Å². The third kappa shape index (κ3) is 2.19. The first-order valence-electron chi connectivity index (χ1n) is 4.30. The SMILES string of the molecule is Brc1ccc(N2CCOCC2)nc1. The molecular formula is C9H11BrN2O. The van der Waals surface area contributed by atoms with Crippen molar-refractivity contribution in [1.82, 2.24) is 4.98 Å². The fourth-order valence-corrected chi connectivity index (χ4v) is 1.58. The summed E-state index contributed by atoms with van der Waals surface area (Å²) in [5.74, 6) is 1.03. The fourth-order valence-electron chi connectivity index (χ4n) is 1.35. The van der Waals surface area contributed by atoms with Crippen LogP contribution in [0.3, 0.4) is 0 Å².